The number of aromatic nitrogens is 1. The number of hydrogen-bond acceptors (Lipinski definition) is 3. The van der Waals surface area contributed by atoms with E-state index in [0.717, 1.165) is 31.6 Å². The van der Waals surface area contributed by atoms with Gasteiger partial charge in [-0.25, -0.2) is 4.98 Å². The van der Waals surface area contributed by atoms with E-state index in [4.69, 9.17) is 16.3 Å². The van der Waals surface area contributed by atoms with Gasteiger partial charge in [0.1, 0.15) is 5.15 Å². The monoisotopic (exact) mass is 313 g/mol. The van der Waals surface area contributed by atoms with Crippen molar-refractivity contribution in [1.29, 1.82) is 0 Å². The molecule has 1 aromatic heterocycles. The van der Waals surface area contributed by atoms with Gasteiger partial charge in [0.2, 0.25) is 0 Å². The second kappa shape index (κ2) is 7.74. The lowest BCUT2D eigenvalue weighted by Gasteiger charge is -2.27. The Labute approximate surface area is 129 Å². The lowest BCUT2D eigenvalue weighted by atomic mass is 9.80. The van der Waals surface area contributed by atoms with Crippen LogP contribution in [0.15, 0.2) is 12.1 Å². The quantitative estimate of drug-likeness (QED) is 0.580. The molecule has 0 bridgehead atoms. The zero-order valence-electron chi connectivity index (χ0n) is 12.3. The highest BCUT2D eigenvalue weighted by Crippen LogP contribution is 2.33. The molecule has 0 atom stereocenters. The Balaban J connectivity index is 1.84. The van der Waals surface area contributed by atoms with Crippen molar-refractivity contribution in [2.45, 2.75) is 51.9 Å². The number of pyridine rings is 1. The molecule has 2 rings (SSSR count). The van der Waals surface area contributed by atoms with Crippen molar-refractivity contribution in [3.8, 4) is 5.75 Å². The summed E-state index contributed by atoms with van der Waals surface area (Å²) in [5, 5.41) is 0.0451. The maximum atomic E-state index is 13.5. The van der Waals surface area contributed by atoms with Crippen LogP contribution in [0.2, 0.25) is 5.15 Å². The first kappa shape index (κ1) is 16.2. The van der Waals surface area contributed by atoms with Crippen LogP contribution in [-0.4, -0.2) is 11.0 Å². The van der Waals surface area contributed by atoms with Crippen LogP contribution < -0.4 is 4.74 Å². The standard InChI is InChI=1S/C16H21ClFNO2/c1-2-3-4-11-5-7-12(8-6-11)16(20)21-13-9-10-14(17)19-15(13)18/h9-12H,2-8H2,1H3/t11-,12-. The number of rotatable bonds is 5. The van der Waals surface area contributed by atoms with Gasteiger partial charge in [0.05, 0.1) is 5.92 Å². The molecule has 0 N–H and O–H groups in total. The van der Waals surface area contributed by atoms with Crippen molar-refractivity contribution in [3.05, 3.63) is 23.2 Å². The molecule has 0 aromatic carbocycles. The minimum Gasteiger partial charge on any atom is -0.421 e. The molecule has 0 saturated heterocycles. The largest absolute Gasteiger partial charge is 0.421 e. The van der Waals surface area contributed by atoms with Crippen molar-refractivity contribution in [1.82, 2.24) is 4.98 Å². The SMILES string of the molecule is CCCC[C@H]1CC[C@H](C(=O)Oc2ccc(Cl)nc2F)CC1. The van der Waals surface area contributed by atoms with Crippen LogP contribution in [0.3, 0.4) is 0 Å². The van der Waals surface area contributed by atoms with Gasteiger partial charge in [0.25, 0.3) is 5.95 Å². The average Bonchev–Trinajstić information content (AvgIpc) is 2.48. The maximum absolute atomic E-state index is 13.5. The highest BCUT2D eigenvalue weighted by atomic mass is 35.5. The van der Waals surface area contributed by atoms with Gasteiger partial charge in [-0.3, -0.25) is 4.79 Å². The van der Waals surface area contributed by atoms with Gasteiger partial charge in [-0.05, 0) is 43.7 Å². The first-order chi connectivity index (χ1) is 10.1. The predicted molar refractivity (Wildman–Crippen MR) is 79.8 cm³/mol. The van der Waals surface area contributed by atoms with Gasteiger partial charge in [-0.15, -0.1) is 0 Å². The summed E-state index contributed by atoms with van der Waals surface area (Å²) in [6.07, 6.45) is 7.48. The Bertz CT molecular complexity index is 487. The van der Waals surface area contributed by atoms with E-state index in [-0.39, 0.29) is 22.8 Å². The topological polar surface area (TPSA) is 39.2 Å². The van der Waals surface area contributed by atoms with Crippen LogP contribution in [0.4, 0.5) is 4.39 Å². The van der Waals surface area contributed by atoms with E-state index in [0.29, 0.717) is 0 Å². The molecule has 1 aliphatic rings. The van der Waals surface area contributed by atoms with E-state index in [1.165, 1.54) is 31.4 Å². The van der Waals surface area contributed by atoms with E-state index >= 15 is 0 Å². The van der Waals surface area contributed by atoms with Gasteiger partial charge in [-0.2, -0.15) is 4.39 Å². The molecule has 116 valence electrons. The summed E-state index contributed by atoms with van der Waals surface area (Å²) in [6, 6.07) is 2.75. The molecule has 0 spiro atoms. The zero-order chi connectivity index (χ0) is 15.2. The molecule has 1 aromatic rings. The lowest BCUT2D eigenvalue weighted by Crippen LogP contribution is -2.26. The van der Waals surface area contributed by atoms with E-state index in [2.05, 4.69) is 11.9 Å². The van der Waals surface area contributed by atoms with Crippen molar-refractivity contribution in [2.24, 2.45) is 11.8 Å². The van der Waals surface area contributed by atoms with E-state index < -0.39 is 5.95 Å². The molecular weight excluding hydrogens is 293 g/mol. The number of hydrogen-bond donors (Lipinski definition) is 0. The van der Waals surface area contributed by atoms with E-state index in [9.17, 15) is 9.18 Å². The number of carbonyl (C=O) groups excluding carboxylic acids is 1. The van der Waals surface area contributed by atoms with Crippen molar-refractivity contribution >= 4 is 17.6 Å². The van der Waals surface area contributed by atoms with Gasteiger partial charge < -0.3 is 4.74 Å². The molecule has 0 aliphatic heterocycles. The van der Waals surface area contributed by atoms with Crippen LogP contribution in [0.25, 0.3) is 0 Å². The molecule has 0 unspecified atom stereocenters. The van der Waals surface area contributed by atoms with Crippen LogP contribution in [0.1, 0.15) is 51.9 Å². The van der Waals surface area contributed by atoms with Crippen molar-refractivity contribution in [3.63, 3.8) is 0 Å². The smallest absolute Gasteiger partial charge is 0.314 e. The van der Waals surface area contributed by atoms with Crippen molar-refractivity contribution < 1.29 is 13.9 Å². The third-order valence-corrected chi connectivity index (χ3v) is 4.35. The third-order valence-electron chi connectivity index (χ3n) is 4.14. The second-order valence-electron chi connectivity index (χ2n) is 5.70. The van der Waals surface area contributed by atoms with Gasteiger partial charge in [-0.1, -0.05) is 37.8 Å². The van der Waals surface area contributed by atoms with Crippen LogP contribution in [0.5, 0.6) is 5.75 Å². The van der Waals surface area contributed by atoms with Crippen LogP contribution in [-0.2, 0) is 4.79 Å². The third kappa shape index (κ3) is 4.67. The molecule has 21 heavy (non-hydrogen) atoms. The van der Waals surface area contributed by atoms with E-state index in [1.54, 1.807) is 0 Å². The Morgan fingerprint density at radius 1 is 1.38 bits per heavy atom. The molecular formula is C16H21ClFNO2. The summed E-state index contributed by atoms with van der Waals surface area (Å²) in [4.78, 5) is 15.5. The summed E-state index contributed by atoms with van der Waals surface area (Å²) < 4.78 is 18.6. The highest BCUT2D eigenvalue weighted by molar-refractivity contribution is 6.29. The van der Waals surface area contributed by atoms with E-state index in [1.807, 2.05) is 0 Å². The summed E-state index contributed by atoms with van der Waals surface area (Å²) >= 11 is 5.57. The number of carbonyl (C=O) groups is 1. The molecule has 0 amide bonds. The fourth-order valence-electron chi connectivity index (χ4n) is 2.85. The molecule has 3 nitrogen and oxygen atoms in total. The van der Waals surface area contributed by atoms with Gasteiger partial charge in [0, 0.05) is 0 Å². The van der Waals surface area contributed by atoms with Crippen LogP contribution in [0, 0.1) is 17.8 Å². The lowest BCUT2D eigenvalue weighted by molar-refractivity contribution is -0.140. The maximum Gasteiger partial charge on any atom is 0.314 e. The number of esters is 1. The number of unbranched alkanes of at least 4 members (excludes halogenated alkanes) is 1. The van der Waals surface area contributed by atoms with Crippen molar-refractivity contribution in [2.75, 3.05) is 0 Å². The summed E-state index contributed by atoms with van der Waals surface area (Å²) in [5.41, 5.74) is 0. The fourth-order valence-corrected chi connectivity index (χ4v) is 2.98. The minimum atomic E-state index is -0.840. The Morgan fingerprint density at radius 2 is 2.10 bits per heavy atom. The first-order valence-electron chi connectivity index (χ1n) is 7.64. The first-order valence-corrected chi connectivity index (χ1v) is 8.01. The molecule has 1 saturated carbocycles. The average molecular weight is 314 g/mol. The Hall–Kier alpha value is -1.16. The summed E-state index contributed by atoms with van der Waals surface area (Å²) in [6.45, 7) is 2.19. The van der Waals surface area contributed by atoms with Crippen LogP contribution >= 0.6 is 11.6 Å². The van der Waals surface area contributed by atoms with Gasteiger partial charge >= 0.3 is 5.97 Å². The normalized spacial score (nSPS) is 22.0. The predicted octanol–water partition coefficient (Wildman–Crippen LogP) is 4.78. The molecule has 1 aliphatic carbocycles. The minimum absolute atomic E-state index is 0.0451. The number of halogens is 2. The highest BCUT2D eigenvalue weighted by Gasteiger charge is 2.28. The molecule has 0 radical (unpaired) electrons. The fraction of sp³-hybridized carbons (Fsp3) is 0.625. The summed E-state index contributed by atoms with van der Waals surface area (Å²) in [7, 11) is 0. The van der Waals surface area contributed by atoms with Gasteiger partial charge in [0.15, 0.2) is 5.75 Å². The molecule has 5 heteroatoms. The Morgan fingerprint density at radius 3 is 2.71 bits per heavy atom. The molecule has 1 heterocycles. The number of ether oxygens (including phenoxy) is 1. The molecule has 1 fully saturated rings. The summed E-state index contributed by atoms with van der Waals surface area (Å²) in [5.74, 6) is -0.738. The zero-order valence-corrected chi connectivity index (χ0v) is 13.0. The Kier molecular flexibility index (Phi) is 5.97. The second-order valence-corrected chi connectivity index (χ2v) is 6.09. The number of nitrogens with zero attached hydrogens (tertiary/aromatic N) is 1.